The molecule has 1 aliphatic heterocycles. The van der Waals surface area contributed by atoms with Crippen LogP contribution in [0.5, 0.6) is 0 Å². The largest absolute Gasteiger partial charge is 0.353 e. The number of rotatable bonds is 3. The van der Waals surface area contributed by atoms with Gasteiger partial charge < -0.3 is 10.3 Å². The van der Waals surface area contributed by atoms with Gasteiger partial charge >= 0.3 is 0 Å². The van der Waals surface area contributed by atoms with Crippen molar-refractivity contribution >= 4 is 0 Å². The van der Waals surface area contributed by atoms with E-state index < -0.39 is 0 Å². The van der Waals surface area contributed by atoms with E-state index in [0.29, 0.717) is 6.54 Å². The van der Waals surface area contributed by atoms with Crippen LogP contribution < -0.4 is 5.73 Å². The molecule has 0 aromatic carbocycles. The van der Waals surface area contributed by atoms with Gasteiger partial charge in [0.2, 0.25) is 0 Å². The third-order valence-corrected chi connectivity index (χ3v) is 2.73. The molecule has 2 heterocycles. The zero-order valence-corrected chi connectivity index (χ0v) is 8.16. The van der Waals surface area contributed by atoms with E-state index in [0.717, 1.165) is 6.54 Å². The molecule has 0 radical (unpaired) electrons. The Morgan fingerprint density at radius 2 is 2.23 bits per heavy atom. The van der Waals surface area contributed by atoms with Gasteiger partial charge in [0.15, 0.2) is 0 Å². The lowest BCUT2D eigenvalue weighted by molar-refractivity contribution is 0.172. The van der Waals surface area contributed by atoms with E-state index in [2.05, 4.69) is 28.8 Å². The first-order valence-electron chi connectivity index (χ1n) is 4.86. The van der Waals surface area contributed by atoms with Crippen LogP contribution in [0.1, 0.15) is 17.7 Å². The van der Waals surface area contributed by atoms with Gasteiger partial charge in [0.1, 0.15) is 0 Å². The molecule has 3 nitrogen and oxygen atoms in total. The smallest absolute Gasteiger partial charge is 0.0334 e. The van der Waals surface area contributed by atoms with Gasteiger partial charge in [-0.1, -0.05) is 0 Å². The summed E-state index contributed by atoms with van der Waals surface area (Å²) in [4.78, 5) is 2.45. The maximum atomic E-state index is 5.61. The molecule has 13 heavy (non-hydrogen) atoms. The first-order chi connectivity index (χ1) is 6.29. The van der Waals surface area contributed by atoms with Crippen LogP contribution in [0.15, 0.2) is 12.3 Å². The predicted octanol–water partition coefficient (Wildman–Crippen LogP) is 0.690. The molecule has 1 aliphatic rings. The van der Waals surface area contributed by atoms with Crippen LogP contribution in [0.25, 0.3) is 0 Å². The summed E-state index contributed by atoms with van der Waals surface area (Å²) in [5.74, 6) is 0. The van der Waals surface area contributed by atoms with E-state index in [-0.39, 0.29) is 0 Å². The lowest BCUT2D eigenvalue weighted by Gasteiger charge is -2.30. The van der Waals surface area contributed by atoms with Gasteiger partial charge in [-0.25, -0.2) is 0 Å². The highest BCUT2D eigenvalue weighted by Gasteiger charge is 2.14. The lowest BCUT2D eigenvalue weighted by Crippen LogP contribution is -2.36. The molecule has 1 saturated heterocycles. The summed E-state index contributed by atoms with van der Waals surface area (Å²) in [6.07, 6.45) is 3.54. The summed E-state index contributed by atoms with van der Waals surface area (Å²) in [5, 5.41) is 0. The standard InChI is InChI=1S/C10H17N3/c1-12-7-9(5-10(12)6-11)8-13-3-2-4-13/h5,7H,2-4,6,8,11H2,1H3. The van der Waals surface area contributed by atoms with E-state index in [9.17, 15) is 0 Å². The van der Waals surface area contributed by atoms with E-state index in [1.54, 1.807) is 0 Å². The fraction of sp³-hybridized carbons (Fsp3) is 0.600. The Morgan fingerprint density at radius 1 is 1.46 bits per heavy atom. The van der Waals surface area contributed by atoms with Crippen molar-refractivity contribution in [1.29, 1.82) is 0 Å². The highest BCUT2D eigenvalue weighted by molar-refractivity contribution is 5.18. The van der Waals surface area contributed by atoms with Crippen LogP contribution in [0.2, 0.25) is 0 Å². The predicted molar refractivity (Wildman–Crippen MR) is 53.2 cm³/mol. The van der Waals surface area contributed by atoms with Gasteiger partial charge in [0.05, 0.1) is 0 Å². The number of likely N-dealkylation sites (tertiary alicyclic amines) is 1. The molecule has 0 bridgehead atoms. The van der Waals surface area contributed by atoms with Crippen molar-refractivity contribution in [3.05, 3.63) is 23.5 Å². The molecule has 1 aromatic rings. The van der Waals surface area contributed by atoms with Crippen LogP contribution in [0.3, 0.4) is 0 Å². The SMILES string of the molecule is Cn1cc(CN2CCC2)cc1CN. The molecule has 72 valence electrons. The van der Waals surface area contributed by atoms with Crippen molar-refractivity contribution in [2.24, 2.45) is 12.8 Å². The fourth-order valence-corrected chi connectivity index (χ4v) is 1.77. The fourth-order valence-electron chi connectivity index (χ4n) is 1.77. The third kappa shape index (κ3) is 1.76. The molecule has 2 N–H and O–H groups in total. The minimum Gasteiger partial charge on any atom is -0.353 e. The first-order valence-corrected chi connectivity index (χ1v) is 4.86. The molecule has 0 aliphatic carbocycles. The van der Waals surface area contributed by atoms with E-state index in [1.165, 1.54) is 30.8 Å². The van der Waals surface area contributed by atoms with E-state index in [1.807, 2.05) is 0 Å². The number of aromatic nitrogens is 1. The quantitative estimate of drug-likeness (QED) is 0.740. The van der Waals surface area contributed by atoms with E-state index >= 15 is 0 Å². The topological polar surface area (TPSA) is 34.2 Å². The summed E-state index contributed by atoms with van der Waals surface area (Å²) in [7, 11) is 2.06. The molecule has 0 atom stereocenters. The molecule has 1 fully saturated rings. The molecule has 3 heteroatoms. The van der Waals surface area contributed by atoms with Crippen LogP contribution in [0, 0.1) is 0 Å². The molecule has 1 aromatic heterocycles. The van der Waals surface area contributed by atoms with Crippen LogP contribution in [0.4, 0.5) is 0 Å². The van der Waals surface area contributed by atoms with Gasteiger partial charge in [-0.3, -0.25) is 4.90 Å². The summed E-state index contributed by atoms with van der Waals surface area (Å²) in [5.41, 5.74) is 8.22. The van der Waals surface area contributed by atoms with Crippen molar-refractivity contribution in [3.63, 3.8) is 0 Å². The Kier molecular flexibility index (Phi) is 2.38. The number of nitrogens with two attached hydrogens (primary N) is 1. The summed E-state index contributed by atoms with van der Waals surface area (Å²) in [6, 6.07) is 2.21. The number of nitrogens with zero attached hydrogens (tertiary/aromatic N) is 2. The van der Waals surface area contributed by atoms with Crippen LogP contribution in [-0.4, -0.2) is 22.6 Å². The Labute approximate surface area is 79.1 Å². The average Bonchev–Trinajstić information content (AvgIpc) is 2.39. The van der Waals surface area contributed by atoms with Gasteiger partial charge in [-0.05, 0) is 31.1 Å². The maximum Gasteiger partial charge on any atom is 0.0334 e. The molecule has 2 rings (SSSR count). The summed E-state index contributed by atoms with van der Waals surface area (Å²) >= 11 is 0. The van der Waals surface area contributed by atoms with Crippen molar-refractivity contribution in [1.82, 2.24) is 9.47 Å². The van der Waals surface area contributed by atoms with Crippen molar-refractivity contribution in [2.75, 3.05) is 13.1 Å². The second-order valence-electron chi connectivity index (χ2n) is 3.78. The second-order valence-corrected chi connectivity index (χ2v) is 3.78. The Morgan fingerprint density at radius 3 is 2.69 bits per heavy atom. The molecule has 0 spiro atoms. The normalized spacial score (nSPS) is 17.4. The average molecular weight is 179 g/mol. The highest BCUT2D eigenvalue weighted by atomic mass is 15.2. The first kappa shape index (κ1) is 8.78. The third-order valence-electron chi connectivity index (χ3n) is 2.73. The molecule has 0 unspecified atom stereocenters. The maximum absolute atomic E-state index is 5.61. The number of hydrogen-bond donors (Lipinski definition) is 1. The second kappa shape index (κ2) is 3.52. The van der Waals surface area contributed by atoms with E-state index in [4.69, 9.17) is 5.73 Å². The number of aryl methyl sites for hydroxylation is 1. The van der Waals surface area contributed by atoms with Gasteiger partial charge in [-0.2, -0.15) is 0 Å². The molecule has 0 saturated carbocycles. The van der Waals surface area contributed by atoms with Gasteiger partial charge in [-0.15, -0.1) is 0 Å². The summed E-state index contributed by atoms with van der Waals surface area (Å²) < 4.78 is 2.12. The summed E-state index contributed by atoms with van der Waals surface area (Å²) in [6.45, 7) is 4.24. The van der Waals surface area contributed by atoms with Gasteiger partial charge in [0.25, 0.3) is 0 Å². The van der Waals surface area contributed by atoms with Gasteiger partial charge in [0, 0.05) is 32.0 Å². The van der Waals surface area contributed by atoms with Crippen molar-refractivity contribution < 1.29 is 0 Å². The monoisotopic (exact) mass is 179 g/mol. The van der Waals surface area contributed by atoms with Crippen molar-refractivity contribution in [2.45, 2.75) is 19.5 Å². The molecular formula is C10H17N3. The molecular weight excluding hydrogens is 162 g/mol. The minimum absolute atomic E-state index is 0.635. The van der Waals surface area contributed by atoms with Crippen LogP contribution in [-0.2, 0) is 20.1 Å². The zero-order valence-electron chi connectivity index (χ0n) is 8.16. The number of hydrogen-bond acceptors (Lipinski definition) is 2. The zero-order chi connectivity index (χ0) is 9.26. The Hall–Kier alpha value is -0.800. The van der Waals surface area contributed by atoms with Crippen LogP contribution >= 0.6 is 0 Å². The Bertz CT molecular complexity index is 286. The molecule has 0 amide bonds. The van der Waals surface area contributed by atoms with Crippen molar-refractivity contribution in [3.8, 4) is 0 Å². The lowest BCUT2D eigenvalue weighted by atomic mass is 10.2. The Balaban J connectivity index is 2.03. The minimum atomic E-state index is 0.635. The highest BCUT2D eigenvalue weighted by Crippen LogP contribution is 2.14.